The number of primary amides is 1. The smallest absolute Gasteiger partial charge is 0.252 e. The number of rotatable bonds is 2. The molecular weight excluding hydrogens is 228 g/mol. The van der Waals surface area contributed by atoms with Gasteiger partial charge in [0.2, 0.25) is 0 Å². The number of anilines is 1. The molecule has 2 rings (SSSR count). The summed E-state index contributed by atoms with van der Waals surface area (Å²) < 4.78 is 0. The van der Waals surface area contributed by atoms with E-state index in [4.69, 9.17) is 5.73 Å². The average Bonchev–Trinajstić information content (AvgIpc) is 2.27. The number of amides is 1. The molecule has 1 aliphatic heterocycles. The zero-order valence-electron chi connectivity index (χ0n) is 11.2. The molecule has 1 aromatic heterocycles. The maximum atomic E-state index is 11.5. The molecule has 1 aliphatic rings. The molecule has 0 bridgehead atoms. The van der Waals surface area contributed by atoms with Crippen LogP contribution in [-0.2, 0) is 0 Å². The zero-order chi connectivity index (χ0) is 13.3. The lowest BCUT2D eigenvalue weighted by molar-refractivity contribution is 0.1000. The van der Waals surface area contributed by atoms with E-state index in [0.717, 1.165) is 25.3 Å². The van der Waals surface area contributed by atoms with Crippen molar-refractivity contribution in [3.8, 4) is 0 Å². The molecule has 0 radical (unpaired) electrons. The van der Waals surface area contributed by atoms with Gasteiger partial charge in [-0.1, -0.05) is 0 Å². The molecule has 2 heterocycles. The van der Waals surface area contributed by atoms with Crippen LogP contribution in [0.1, 0.15) is 29.9 Å². The van der Waals surface area contributed by atoms with Gasteiger partial charge in [0.05, 0.1) is 5.56 Å². The van der Waals surface area contributed by atoms with E-state index >= 15 is 0 Å². The Balaban J connectivity index is 2.48. The van der Waals surface area contributed by atoms with Crippen LogP contribution in [0.4, 0.5) is 5.82 Å². The van der Waals surface area contributed by atoms with Crippen molar-refractivity contribution in [1.29, 1.82) is 0 Å². The standard InChI is InChI=1S/C13H20N4O/c1-9-4-5-10(11(14)18)12(16-9)17-7-6-15-8-13(17,2)3/h4-5,15H,6-8H2,1-3H3,(H2,14,18). The van der Waals surface area contributed by atoms with E-state index in [2.05, 4.69) is 29.0 Å². The summed E-state index contributed by atoms with van der Waals surface area (Å²) in [5, 5.41) is 3.35. The third kappa shape index (κ3) is 2.31. The van der Waals surface area contributed by atoms with Crippen LogP contribution in [0.5, 0.6) is 0 Å². The summed E-state index contributed by atoms with van der Waals surface area (Å²) in [4.78, 5) is 18.2. The molecular formula is C13H20N4O. The number of aromatic nitrogens is 1. The Kier molecular flexibility index (Phi) is 3.26. The molecule has 0 aromatic carbocycles. The summed E-state index contributed by atoms with van der Waals surface area (Å²) in [6.07, 6.45) is 0. The largest absolute Gasteiger partial charge is 0.365 e. The molecule has 0 unspecified atom stereocenters. The van der Waals surface area contributed by atoms with Crippen LogP contribution in [0.15, 0.2) is 12.1 Å². The van der Waals surface area contributed by atoms with Gasteiger partial charge >= 0.3 is 0 Å². The summed E-state index contributed by atoms with van der Waals surface area (Å²) in [5.74, 6) is 0.279. The molecule has 0 spiro atoms. The highest BCUT2D eigenvalue weighted by atomic mass is 16.1. The topological polar surface area (TPSA) is 71.2 Å². The van der Waals surface area contributed by atoms with Crippen molar-refractivity contribution in [2.24, 2.45) is 5.73 Å². The van der Waals surface area contributed by atoms with E-state index in [0.29, 0.717) is 11.4 Å². The molecule has 1 amide bonds. The maximum absolute atomic E-state index is 11.5. The van der Waals surface area contributed by atoms with Crippen molar-refractivity contribution in [1.82, 2.24) is 10.3 Å². The van der Waals surface area contributed by atoms with E-state index in [1.807, 2.05) is 13.0 Å². The van der Waals surface area contributed by atoms with Gasteiger partial charge in [0.15, 0.2) is 0 Å². The second-order valence-corrected chi connectivity index (χ2v) is 5.33. The first-order valence-electron chi connectivity index (χ1n) is 6.17. The van der Waals surface area contributed by atoms with Crippen molar-refractivity contribution in [3.63, 3.8) is 0 Å². The van der Waals surface area contributed by atoms with Gasteiger partial charge in [-0.05, 0) is 32.9 Å². The van der Waals surface area contributed by atoms with Crippen LogP contribution in [0.25, 0.3) is 0 Å². The fourth-order valence-corrected chi connectivity index (χ4v) is 2.32. The fraction of sp³-hybridized carbons (Fsp3) is 0.538. The zero-order valence-corrected chi connectivity index (χ0v) is 11.2. The second kappa shape index (κ2) is 4.57. The molecule has 5 nitrogen and oxygen atoms in total. The molecule has 18 heavy (non-hydrogen) atoms. The molecule has 1 fully saturated rings. The van der Waals surface area contributed by atoms with Crippen molar-refractivity contribution in [2.75, 3.05) is 24.5 Å². The lowest BCUT2D eigenvalue weighted by Crippen LogP contribution is -2.58. The summed E-state index contributed by atoms with van der Waals surface area (Å²) in [7, 11) is 0. The van der Waals surface area contributed by atoms with Gasteiger partial charge in [-0.15, -0.1) is 0 Å². The van der Waals surface area contributed by atoms with Gasteiger partial charge < -0.3 is 16.0 Å². The Bertz CT molecular complexity index is 470. The predicted molar refractivity (Wildman–Crippen MR) is 71.8 cm³/mol. The van der Waals surface area contributed by atoms with E-state index < -0.39 is 5.91 Å². The summed E-state index contributed by atoms with van der Waals surface area (Å²) in [6, 6.07) is 3.58. The van der Waals surface area contributed by atoms with Crippen molar-refractivity contribution in [3.05, 3.63) is 23.4 Å². The normalized spacial score (nSPS) is 18.7. The minimum atomic E-state index is -0.424. The molecule has 98 valence electrons. The minimum Gasteiger partial charge on any atom is -0.365 e. The molecule has 3 N–H and O–H groups in total. The summed E-state index contributed by atoms with van der Waals surface area (Å²) in [6.45, 7) is 8.76. The maximum Gasteiger partial charge on any atom is 0.252 e. The summed E-state index contributed by atoms with van der Waals surface area (Å²) >= 11 is 0. The number of nitrogens with zero attached hydrogens (tertiary/aromatic N) is 2. The highest BCUT2D eigenvalue weighted by Crippen LogP contribution is 2.27. The first kappa shape index (κ1) is 12.8. The molecule has 0 atom stereocenters. The van der Waals surface area contributed by atoms with Crippen LogP contribution in [0.2, 0.25) is 0 Å². The highest BCUT2D eigenvalue weighted by Gasteiger charge is 2.32. The third-order valence-electron chi connectivity index (χ3n) is 3.34. The van der Waals surface area contributed by atoms with E-state index in [-0.39, 0.29) is 5.54 Å². The van der Waals surface area contributed by atoms with Gasteiger partial charge in [-0.3, -0.25) is 4.79 Å². The number of carbonyl (C=O) groups is 1. The minimum absolute atomic E-state index is 0.0801. The van der Waals surface area contributed by atoms with Crippen molar-refractivity contribution in [2.45, 2.75) is 26.3 Å². The molecule has 0 saturated carbocycles. The quantitative estimate of drug-likeness (QED) is 0.807. The Hall–Kier alpha value is -1.62. The lowest BCUT2D eigenvalue weighted by Gasteiger charge is -2.44. The van der Waals surface area contributed by atoms with Crippen LogP contribution >= 0.6 is 0 Å². The van der Waals surface area contributed by atoms with E-state index in [1.54, 1.807) is 6.07 Å². The Labute approximate surface area is 107 Å². The second-order valence-electron chi connectivity index (χ2n) is 5.33. The monoisotopic (exact) mass is 248 g/mol. The highest BCUT2D eigenvalue weighted by molar-refractivity contribution is 5.97. The number of hydrogen-bond donors (Lipinski definition) is 2. The van der Waals surface area contributed by atoms with Gasteiger partial charge in [-0.2, -0.15) is 0 Å². The Morgan fingerprint density at radius 3 is 2.83 bits per heavy atom. The van der Waals surface area contributed by atoms with E-state index in [9.17, 15) is 4.79 Å². The number of piperazine rings is 1. The van der Waals surface area contributed by atoms with Gasteiger partial charge in [0.25, 0.3) is 5.91 Å². The van der Waals surface area contributed by atoms with Crippen molar-refractivity contribution < 1.29 is 4.79 Å². The molecule has 1 aromatic rings. The number of nitrogens with one attached hydrogen (secondary N) is 1. The summed E-state index contributed by atoms with van der Waals surface area (Å²) in [5.41, 5.74) is 6.75. The molecule has 5 heteroatoms. The molecule has 0 aliphatic carbocycles. The molecule has 1 saturated heterocycles. The first-order valence-corrected chi connectivity index (χ1v) is 6.17. The van der Waals surface area contributed by atoms with Gasteiger partial charge in [-0.25, -0.2) is 4.98 Å². The lowest BCUT2D eigenvalue weighted by atomic mass is 9.99. The first-order chi connectivity index (χ1) is 8.42. The number of nitrogens with two attached hydrogens (primary N) is 1. The fourth-order valence-electron chi connectivity index (χ4n) is 2.32. The van der Waals surface area contributed by atoms with Crippen molar-refractivity contribution >= 4 is 11.7 Å². The van der Waals surface area contributed by atoms with E-state index in [1.165, 1.54) is 0 Å². The average molecular weight is 248 g/mol. The van der Waals surface area contributed by atoms with Crippen LogP contribution in [-0.4, -0.2) is 36.1 Å². The van der Waals surface area contributed by atoms with Crippen LogP contribution in [0, 0.1) is 6.92 Å². The number of aryl methyl sites for hydroxylation is 1. The van der Waals surface area contributed by atoms with Gasteiger partial charge in [0.1, 0.15) is 5.82 Å². The Morgan fingerprint density at radius 1 is 1.50 bits per heavy atom. The number of pyridine rings is 1. The number of carbonyl (C=O) groups excluding carboxylic acids is 1. The van der Waals surface area contributed by atoms with Gasteiger partial charge in [0, 0.05) is 30.9 Å². The Morgan fingerprint density at radius 2 is 2.22 bits per heavy atom. The third-order valence-corrected chi connectivity index (χ3v) is 3.34. The van der Waals surface area contributed by atoms with Crippen LogP contribution in [0.3, 0.4) is 0 Å². The van der Waals surface area contributed by atoms with Crippen LogP contribution < -0.4 is 16.0 Å². The predicted octanol–water partition coefficient (Wildman–Crippen LogP) is 0.677. The SMILES string of the molecule is Cc1ccc(C(N)=O)c(N2CCNCC2(C)C)n1. The number of hydrogen-bond acceptors (Lipinski definition) is 4.